The van der Waals surface area contributed by atoms with Crippen LogP contribution < -0.4 is 16.0 Å². The summed E-state index contributed by atoms with van der Waals surface area (Å²) in [5.41, 5.74) is 11.4. The number of hydrogen-bond acceptors (Lipinski definition) is 6. The van der Waals surface area contributed by atoms with E-state index in [9.17, 15) is 14.9 Å². The van der Waals surface area contributed by atoms with E-state index in [-0.39, 0.29) is 30.5 Å². The summed E-state index contributed by atoms with van der Waals surface area (Å²) in [4.78, 5) is 31.7. The Balaban J connectivity index is 1.26. The fraction of sp³-hybridized carbons (Fsp3) is 0.162. The van der Waals surface area contributed by atoms with E-state index >= 15 is 0 Å². The van der Waals surface area contributed by atoms with Crippen molar-refractivity contribution in [2.24, 2.45) is 12.8 Å². The van der Waals surface area contributed by atoms with Crippen molar-refractivity contribution in [1.82, 2.24) is 14.9 Å². The number of hydrogen-bond donors (Lipinski definition) is 3. The fourth-order valence-corrected chi connectivity index (χ4v) is 5.90. The van der Waals surface area contributed by atoms with Gasteiger partial charge >= 0.3 is 0 Å². The smallest absolute Gasteiger partial charge is 0.273 e. The van der Waals surface area contributed by atoms with Crippen LogP contribution in [-0.2, 0) is 37.8 Å². The molecule has 6 aromatic rings. The van der Waals surface area contributed by atoms with Crippen LogP contribution in [0.4, 0.5) is 11.4 Å². The lowest BCUT2D eigenvalue weighted by Gasteiger charge is -2.24. The molecule has 0 aliphatic heterocycles. The van der Waals surface area contributed by atoms with E-state index in [1.165, 1.54) is 6.07 Å². The van der Waals surface area contributed by atoms with Gasteiger partial charge in [0.1, 0.15) is 11.7 Å². The lowest BCUT2D eigenvalue weighted by atomic mass is 10.0. The van der Waals surface area contributed by atoms with Crippen LogP contribution in [0.1, 0.15) is 28.1 Å². The third-order valence-corrected chi connectivity index (χ3v) is 8.46. The van der Waals surface area contributed by atoms with Gasteiger partial charge < -0.3 is 20.5 Å². The van der Waals surface area contributed by atoms with Crippen molar-refractivity contribution in [3.05, 3.63) is 147 Å². The maximum atomic E-state index is 13.9. The number of carbonyl (C=O) groups is 1. The Bertz CT molecular complexity index is 2100. The van der Waals surface area contributed by atoms with E-state index in [1.807, 2.05) is 73.8 Å². The van der Waals surface area contributed by atoms with Crippen molar-refractivity contribution >= 4 is 44.9 Å². The highest BCUT2D eigenvalue weighted by Crippen LogP contribution is 2.27. The Kier molecular flexibility index (Phi) is 9.03. The molecule has 0 aliphatic carbocycles. The predicted molar refractivity (Wildman–Crippen MR) is 186 cm³/mol. The lowest BCUT2D eigenvalue weighted by Crippen LogP contribution is -2.37. The second-order valence-electron chi connectivity index (χ2n) is 11.5. The number of nitrogen functional groups attached to an aromatic ring is 1. The molecule has 10 nitrogen and oxygen atoms in total. The highest BCUT2D eigenvalue weighted by molar-refractivity contribution is 5.97. The van der Waals surface area contributed by atoms with Gasteiger partial charge in [0.05, 0.1) is 29.0 Å². The van der Waals surface area contributed by atoms with E-state index in [1.54, 1.807) is 23.1 Å². The molecule has 5 aromatic carbocycles. The van der Waals surface area contributed by atoms with Gasteiger partial charge in [-0.15, -0.1) is 0 Å². The van der Waals surface area contributed by atoms with Crippen LogP contribution in [-0.4, -0.2) is 32.8 Å². The van der Waals surface area contributed by atoms with Gasteiger partial charge in [-0.1, -0.05) is 84.9 Å². The number of nitrogens with zero attached hydrogens (tertiary/aromatic N) is 4. The first kappa shape index (κ1) is 31.1. The molecule has 0 saturated carbocycles. The minimum Gasteiger partial charge on any atom is -0.384 e. The van der Waals surface area contributed by atoms with Gasteiger partial charge in [0.2, 0.25) is 5.91 Å². The van der Waals surface area contributed by atoms with Crippen molar-refractivity contribution in [1.29, 1.82) is 5.41 Å². The molecule has 0 bridgehead atoms. The number of nitrogens with two attached hydrogens (primary N) is 1. The van der Waals surface area contributed by atoms with Gasteiger partial charge in [-0.2, -0.15) is 0 Å². The fourth-order valence-electron chi connectivity index (χ4n) is 5.90. The Hall–Kier alpha value is -5.87. The first-order chi connectivity index (χ1) is 22.8. The standard InChI is InChI=1S/C37H35N7O3/c1-42-34-19-18-30(21-32(34)41-35(42)20-15-25-13-16-27(17-14-25)37(38)39)43(24-29-10-6-9-26-7-2-4-11-31(26)29)36(45)23-40-22-28-8-3-5-12-33(28)44(46)47/h2-14,16-19,21,40H,15,20,22-24H2,1H3,(H3,38,39). The number of rotatable bonds is 12. The monoisotopic (exact) mass is 625 g/mol. The highest BCUT2D eigenvalue weighted by atomic mass is 16.6. The summed E-state index contributed by atoms with van der Waals surface area (Å²) in [6.07, 6.45) is 1.49. The van der Waals surface area contributed by atoms with Crippen molar-refractivity contribution in [3.63, 3.8) is 0 Å². The number of aromatic nitrogens is 2. The molecule has 0 aliphatic rings. The molecular formula is C37H35N7O3. The first-order valence-electron chi connectivity index (χ1n) is 15.4. The Labute approximate surface area is 272 Å². The third-order valence-electron chi connectivity index (χ3n) is 8.46. The van der Waals surface area contributed by atoms with Gasteiger partial charge in [0, 0.05) is 42.9 Å². The number of amides is 1. The van der Waals surface area contributed by atoms with Gasteiger partial charge in [-0.25, -0.2) is 4.98 Å². The van der Waals surface area contributed by atoms with Gasteiger partial charge in [-0.3, -0.25) is 20.3 Å². The summed E-state index contributed by atoms with van der Waals surface area (Å²) in [5, 5.41) is 24.4. The van der Waals surface area contributed by atoms with Crippen LogP contribution in [0.2, 0.25) is 0 Å². The minimum atomic E-state index is -0.411. The van der Waals surface area contributed by atoms with Crippen LogP contribution >= 0.6 is 0 Å². The summed E-state index contributed by atoms with van der Waals surface area (Å²) in [5.74, 6) is 0.804. The molecule has 1 amide bonds. The Morgan fingerprint density at radius 3 is 2.45 bits per heavy atom. The largest absolute Gasteiger partial charge is 0.384 e. The van der Waals surface area contributed by atoms with E-state index < -0.39 is 4.92 Å². The maximum Gasteiger partial charge on any atom is 0.273 e. The Morgan fingerprint density at radius 1 is 0.936 bits per heavy atom. The van der Waals surface area contributed by atoms with Crippen LogP contribution in [0.25, 0.3) is 21.8 Å². The van der Waals surface area contributed by atoms with E-state index in [0.29, 0.717) is 29.8 Å². The van der Waals surface area contributed by atoms with Gasteiger partial charge in [0.15, 0.2) is 0 Å². The van der Waals surface area contributed by atoms with Crippen LogP contribution in [0, 0.1) is 15.5 Å². The number of para-hydroxylation sites is 1. The molecule has 0 fully saturated rings. The number of fused-ring (bicyclic) bond motifs is 2. The van der Waals surface area contributed by atoms with Crippen LogP contribution in [0.3, 0.4) is 0 Å². The molecular weight excluding hydrogens is 590 g/mol. The molecule has 0 saturated heterocycles. The second kappa shape index (κ2) is 13.6. The van der Waals surface area contributed by atoms with Crippen molar-refractivity contribution in [2.75, 3.05) is 11.4 Å². The minimum absolute atomic E-state index is 0.00919. The number of aryl methyl sites for hydroxylation is 3. The molecule has 236 valence electrons. The lowest BCUT2D eigenvalue weighted by molar-refractivity contribution is -0.385. The molecule has 10 heteroatoms. The van der Waals surface area contributed by atoms with Gasteiger partial charge in [0.25, 0.3) is 5.69 Å². The number of nitro benzene ring substituents is 1. The van der Waals surface area contributed by atoms with E-state index in [0.717, 1.165) is 45.2 Å². The number of anilines is 1. The molecule has 47 heavy (non-hydrogen) atoms. The van der Waals surface area contributed by atoms with Crippen LogP contribution in [0.5, 0.6) is 0 Å². The maximum absolute atomic E-state index is 13.9. The molecule has 0 radical (unpaired) electrons. The summed E-state index contributed by atoms with van der Waals surface area (Å²) < 4.78 is 2.08. The third kappa shape index (κ3) is 6.87. The highest BCUT2D eigenvalue weighted by Gasteiger charge is 2.20. The molecule has 0 unspecified atom stereocenters. The molecule has 0 spiro atoms. The summed E-state index contributed by atoms with van der Waals surface area (Å²) in [6.45, 7) is 0.519. The quantitative estimate of drug-likeness (QED) is 0.0656. The summed E-state index contributed by atoms with van der Waals surface area (Å²) in [7, 11) is 1.99. The SMILES string of the molecule is Cn1c(CCc2ccc(C(=N)N)cc2)nc2cc(N(Cc3cccc4ccccc34)C(=O)CNCc3ccccc3[N+](=O)[O-])ccc21. The zero-order chi connectivity index (χ0) is 32.9. The molecule has 4 N–H and O–H groups in total. The average Bonchev–Trinajstić information content (AvgIpc) is 3.40. The zero-order valence-electron chi connectivity index (χ0n) is 26.0. The molecule has 0 atom stereocenters. The number of nitrogens with one attached hydrogen (secondary N) is 2. The van der Waals surface area contributed by atoms with E-state index in [4.69, 9.17) is 16.1 Å². The van der Waals surface area contributed by atoms with Crippen molar-refractivity contribution < 1.29 is 9.72 Å². The number of carbonyl (C=O) groups excluding carboxylic acids is 1. The van der Waals surface area contributed by atoms with Crippen molar-refractivity contribution in [2.45, 2.75) is 25.9 Å². The first-order valence-corrected chi connectivity index (χ1v) is 15.4. The zero-order valence-corrected chi connectivity index (χ0v) is 26.0. The number of nitro groups is 1. The van der Waals surface area contributed by atoms with Crippen molar-refractivity contribution in [3.8, 4) is 0 Å². The normalized spacial score (nSPS) is 11.2. The topological polar surface area (TPSA) is 143 Å². The molecule has 1 heterocycles. The second-order valence-corrected chi connectivity index (χ2v) is 11.5. The molecule has 1 aromatic heterocycles. The number of benzene rings is 5. The average molecular weight is 626 g/mol. The molecule has 6 rings (SSSR count). The predicted octanol–water partition coefficient (Wildman–Crippen LogP) is 6.03. The number of imidazole rings is 1. The Morgan fingerprint density at radius 2 is 1.66 bits per heavy atom. The van der Waals surface area contributed by atoms with E-state index in [2.05, 4.69) is 28.1 Å². The number of amidine groups is 1. The van der Waals surface area contributed by atoms with Crippen LogP contribution in [0.15, 0.2) is 109 Å². The summed E-state index contributed by atoms with van der Waals surface area (Å²) in [6, 6.07) is 34.3. The summed E-state index contributed by atoms with van der Waals surface area (Å²) >= 11 is 0. The van der Waals surface area contributed by atoms with Gasteiger partial charge in [-0.05, 0) is 46.5 Å².